The van der Waals surface area contributed by atoms with Gasteiger partial charge in [-0.25, -0.2) is 4.79 Å². The Morgan fingerprint density at radius 2 is 1.62 bits per heavy atom. The summed E-state index contributed by atoms with van der Waals surface area (Å²) < 4.78 is 21.0. The van der Waals surface area contributed by atoms with Crippen LogP contribution in [0.3, 0.4) is 0 Å². The first kappa shape index (κ1) is 26.1. The maximum Gasteiger partial charge on any atom is 0.337 e. The molecule has 0 N–H and O–H groups in total. The molecule has 1 aliphatic carbocycles. The number of allylic oxidation sites excluding steroid dienone is 2. The highest BCUT2D eigenvalue weighted by molar-refractivity contribution is 6.09. The third-order valence-electron chi connectivity index (χ3n) is 7.00. The van der Waals surface area contributed by atoms with Crippen molar-refractivity contribution in [1.82, 2.24) is 0 Å². The predicted molar refractivity (Wildman–Crippen MR) is 137 cm³/mol. The minimum Gasteiger partial charge on any atom is -0.493 e. The molecule has 8 nitrogen and oxygen atoms in total. The monoisotopic (exact) mass is 505 g/mol. The SMILES string of the molecule is CCOC(=O)C1C(C)=NC2=C(C(=O)C[C@H](c3ccc(OC)c(OC)c3)C2)[C@@H]1c1ccc(C(=O)OC)cc1. The van der Waals surface area contributed by atoms with E-state index in [0.717, 1.165) is 11.1 Å². The van der Waals surface area contributed by atoms with Crippen molar-refractivity contribution in [2.75, 3.05) is 27.9 Å². The van der Waals surface area contributed by atoms with E-state index in [-0.39, 0.29) is 24.7 Å². The van der Waals surface area contributed by atoms with Crippen molar-refractivity contribution >= 4 is 23.4 Å². The fourth-order valence-electron chi connectivity index (χ4n) is 5.24. The summed E-state index contributed by atoms with van der Waals surface area (Å²) in [5.41, 5.74) is 3.89. The molecule has 0 bridgehead atoms. The lowest BCUT2D eigenvalue weighted by Crippen LogP contribution is -2.38. The fourth-order valence-corrected chi connectivity index (χ4v) is 5.24. The van der Waals surface area contributed by atoms with Crippen LogP contribution in [-0.4, -0.2) is 51.4 Å². The normalized spacial score (nSPS) is 21.1. The first-order valence-corrected chi connectivity index (χ1v) is 12.2. The van der Waals surface area contributed by atoms with Crippen molar-refractivity contribution in [2.24, 2.45) is 10.9 Å². The van der Waals surface area contributed by atoms with Crippen molar-refractivity contribution < 1.29 is 33.3 Å². The minimum absolute atomic E-state index is 0.0615. The van der Waals surface area contributed by atoms with Gasteiger partial charge in [-0.05, 0) is 61.6 Å². The summed E-state index contributed by atoms with van der Waals surface area (Å²) in [6.45, 7) is 3.76. The molecule has 0 saturated carbocycles. The lowest BCUT2D eigenvalue weighted by Gasteiger charge is -2.36. The minimum atomic E-state index is -0.732. The lowest BCUT2D eigenvalue weighted by molar-refractivity contribution is -0.146. The molecule has 1 heterocycles. The second kappa shape index (κ2) is 11.0. The van der Waals surface area contributed by atoms with Gasteiger partial charge >= 0.3 is 11.9 Å². The van der Waals surface area contributed by atoms with Gasteiger partial charge < -0.3 is 18.9 Å². The van der Waals surface area contributed by atoms with Gasteiger partial charge in [-0.1, -0.05) is 18.2 Å². The Labute approximate surface area is 216 Å². The third kappa shape index (κ3) is 5.01. The molecule has 0 aromatic heterocycles. The van der Waals surface area contributed by atoms with E-state index >= 15 is 0 Å². The van der Waals surface area contributed by atoms with E-state index in [1.54, 1.807) is 52.3 Å². The summed E-state index contributed by atoms with van der Waals surface area (Å²) in [6.07, 6.45) is 0.815. The molecule has 1 unspecified atom stereocenters. The number of aliphatic imine (C=N–C) groups is 1. The van der Waals surface area contributed by atoms with Gasteiger partial charge in [-0.15, -0.1) is 0 Å². The molecule has 3 atom stereocenters. The van der Waals surface area contributed by atoms with Crippen molar-refractivity contribution in [3.05, 3.63) is 70.4 Å². The van der Waals surface area contributed by atoms with E-state index in [4.69, 9.17) is 23.9 Å². The molecular formula is C29H31NO7. The Bertz CT molecular complexity index is 1280. The standard InChI is InChI=1S/C29H31NO7/c1-6-37-29(33)25-16(2)30-21-13-20(19-11-12-23(34-3)24(15-19)35-4)14-22(31)27(21)26(25)17-7-9-18(10-8-17)28(32)36-5/h7-12,15,20,25-26H,6,13-14H2,1-5H3/t20-,25?,26-/m1/s1. The van der Waals surface area contributed by atoms with Gasteiger partial charge in [0, 0.05) is 29.3 Å². The van der Waals surface area contributed by atoms with Crippen LogP contribution in [0.4, 0.5) is 0 Å². The topological polar surface area (TPSA) is 100 Å². The molecule has 4 rings (SSSR count). The highest BCUT2D eigenvalue weighted by Crippen LogP contribution is 2.47. The van der Waals surface area contributed by atoms with Gasteiger partial charge in [0.25, 0.3) is 0 Å². The number of carbonyl (C=O) groups excluding carboxylic acids is 3. The maximum absolute atomic E-state index is 13.7. The first-order chi connectivity index (χ1) is 17.8. The zero-order valence-corrected chi connectivity index (χ0v) is 21.7. The van der Waals surface area contributed by atoms with Gasteiger partial charge in [0.1, 0.15) is 5.92 Å². The number of Topliss-reactive ketones (excluding diaryl/α,β-unsaturated/α-hetero) is 1. The fraction of sp³-hybridized carbons (Fsp3) is 0.379. The number of esters is 2. The number of ketones is 1. The Morgan fingerprint density at radius 3 is 2.24 bits per heavy atom. The summed E-state index contributed by atoms with van der Waals surface area (Å²) in [4.78, 5) is 43.5. The van der Waals surface area contributed by atoms with Crippen LogP contribution in [0.15, 0.2) is 58.7 Å². The average Bonchev–Trinajstić information content (AvgIpc) is 2.91. The predicted octanol–water partition coefficient (Wildman–Crippen LogP) is 4.63. The van der Waals surface area contributed by atoms with Gasteiger partial charge in [0.2, 0.25) is 0 Å². The van der Waals surface area contributed by atoms with E-state index < -0.39 is 23.8 Å². The number of methoxy groups -OCH3 is 3. The third-order valence-corrected chi connectivity index (χ3v) is 7.00. The molecule has 0 amide bonds. The zero-order valence-electron chi connectivity index (χ0n) is 21.7. The van der Waals surface area contributed by atoms with Gasteiger partial charge in [0.05, 0.1) is 33.5 Å². The molecule has 2 aliphatic rings. The quantitative estimate of drug-likeness (QED) is 0.506. The van der Waals surface area contributed by atoms with Crippen LogP contribution in [0.5, 0.6) is 11.5 Å². The molecule has 194 valence electrons. The number of nitrogens with zero attached hydrogens (tertiary/aromatic N) is 1. The Hall–Kier alpha value is -3.94. The van der Waals surface area contributed by atoms with Crippen LogP contribution in [0.2, 0.25) is 0 Å². The second-order valence-corrected chi connectivity index (χ2v) is 9.08. The summed E-state index contributed by atoms with van der Waals surface area (Å²) >= 11 is 0. The first-order valence-electron chi connectivity index (χ1n) is 12.2. The largest absolute Gasteiger partial charge is 0.493 e. The summed E-state index contributed by atoms with van der Waals surface area (Å²) in [5, 5.41) is 0. The number of carbonyl (C=O) groups is 3. The van der Waals surface area contributed by atoms with E-state index in [1.165, 1.54) is 7.11 Å². The van der Waals surface area contributed by atoms with E-state index in [9.17, 15) is 14.4 Å². The molecule has 8 heteroatoms. The lowest BCUT2D eigenvalue weighted by atomic mass is 9.69. The molecule has 0 saturated heterocycles. The van der Waals surface area contributed by atoms with Gasteiger partial charge in [0.15, 0.2) is 17.3 Å². The molecular weight excluding hydrogens is 474 g/mol. The van der Waals surface area contributed by atoms with Gasteiger partial charge in [-0.3, -0.25) is 14.6 Å². The maximum atomic E-state index is 13.7. The molecule has 0 fully saturated rings. The van der Waals surface area contributed by atoms with Crippen LogP contribution in [0, 0.1) is 5.92 Å². The molecule has 2 aromatic carbocycles. The van der Waals surface area contributed by atoms with Crippen LogP contribution >= 0.6 is 0 Å². The number of ether oxygens (including phenoxy) is 4. The van der Waals surface area contributed by atoms with Crippen molar-refractivity contribution in [3.8, 4) is 11.5 Å². The Balaban J connectivity index is 1.77. The van der Waals surface area contributed by atoms with Crippen LogP contribution in [0.1, 0.15) is 60.0 Å². The zero-order chi connectivity index (χ0) is 26.7. The van der Waals surface area contributed by atoms with Gasteiger partial charge in [-0.2, -0.15) is 0 Å². The Morgan fingerprint density at radius 1 is 0.946 bits per heavy atom. The van der Waals surface area contributed by atoms with Crippen LogP contribution in [0.25, 0.3) is 0 Å². The van der Waals surface area contributed by atoms with E-state index in [0.29, 0.717) is 40.5 Å². The molecule has 37 heavy (non-hydrogen) atoms. The second-order valence-electron chi connectivity index (χ2n) is 9.08. The van der Waals surface area contributed by atoms with Crippen molar-refractivity contribution in [2.45, 2.75) is 38.5 Å². The number of hydrogen-bond donors (Lipinski definition) is 0. The average molecular weight is 506 g/mol. The van der Waals surface area contributed by atoms with Crippen molar-refractivity contribution in [1.29, 1.82) is 0 Å². The molecule has 0 spiro atoms. The number of rotatable bonds is 7. The highest BCUT2D eigenvalue weighted by atomic mass is 16.5. The van der Waals surface area contributed by atoms with Crippen LogP contribution in [-0.2, 0) is 19.1 Å². The Kier molecular flexibility index (Phi) is 7.76. The number of benzene rings is 2. The van der Waals surface area contributed by atoms with E-state index in [2.05, 4.69) is 0 Å². The van der Waals surface area contributed by atoms with Crippen LogP contribution < -0.4 is 9.47 Å². The smallest absolute Gasteiger partial charge is 0.337 e. The highest BCUT2D eigenvalue weighted by Gasteiger charge is 2.44. The molecule has 0 radical (unpaired) electrons. The summed E-state index contributed by atoms with van der Waals surface area (Å²) in [6, 6.07) is 12.5. The van der Waals surface area contributed by atoms with E-state index in [1.807, 2.05) is 18.2 Å². The van der Waals surface area contributed by atoms with Crippen molar-refractivity contribution in [3.63, 3.8) is 0 Å². The molecule has 1 aliphatic heterocycles. The number of hydrogen-bond acceptors (Lipinski definition) is 8. The molecule has 2 aromatic rings. The summed E-state index contributed by atoms with van der Waals surface area (Å²) in [7, 11) is 4.48. The summed E-state index contributed by atoms with van der Waals surface area (Å²) in [5.74, 6) is -1.11.